The van der Waals surface area contributed by atoms with Gasteiger partial charge in [-0.2, -0.15) is 0 Å². The van der Waals surface area contributed by atoms with E-state index in [2.05, 4.69) is 26.3 Å². The molecule has 0 amide bonds. The standard InChI is InChI=1S/C16H12ClN5O2S/c17-25(23,24)14-5-6-22-13(7-14)8-16(21-22)19-10-11-1-4-15(18-9-11)20-12-2-3-12/h1,4-9,12H,2-3H2/p+1. The van der Waals surface area contributed by atoms with Crippen LogP contribution in [0.5, 0.6) is 0 Å². The molecule has 3 heterocycles. The Morgan fingerprint density at radius 1 is 1.28 bits per heavy atom. The molecule has 1 saturated carbocycles. The summed E-state index contributed by atoms with van der Waals surface area (Å²) in [5.74, 6) is 1.25. The summed E-state index contributed by atoms with van der Waals surface area (Å²) in [5, 5.41) is 7.54. The molecular formula is C16H13ClN5O2S+. The van der Waals surface area contributed by atoms with Gasteiger partial charge in [-0.25, -0.2) is 13.4 Å². The number of pyridine rings is 2. The van der Waals surface area contributed by atoms with Crippen molar-refractivity contribution in [2.45, 2.75) is 23.8 Å². The molecule has 3 aromatic rings. The molecule has 1 aliphatic rings. The van der Waals surface area contributed by atoms with Gasteiger partial charge in [0.1, 0.15) is 5.82 Å². The summed E-state index contributed by atoms with van der Waals surface area (Å²) >= 11 is 0. The number of anilines is 1. The molecule has 1 fully saturated rings. The summed E-state index contributed by atoms with van der Waals surface area (Å²) in [5.41, 5.74) is 1.30. The highest BCUT2D eigenvalue weighted by molar-refractivity contribution is 8.13. The Labute approximate surface area is 148 Å². The third-order valence-corrected chi connectivity index (χ3v) is 5.05. The first-order valence-corrected chi connectivity index (χ1v) is 9.92. The van der Waals surface area contributed by atoms with Gasteiger partial charge in [-0.05, 0) is 37.1 Å². The molecule has 126 valence electrons. The maximum atomic E-state index is 11.4. The van der Waals surface area contributed by atoms with E-state index in [-0.39, 0.29) is 4.90 Å². The lowest BCUT2D eigenvalue weighted by molar-refractivity contribution is 0.609. The van der Waals surface area contributed by atoms with E-state index < -0.39 is 9.05 Å². The van der Waals surface area contributed by atoms with Crippen molar-refractivity contribution in [3.05, 3.63) is 53.1 Å². The van der Waals surface area contributed by atoms with E-state index in [1.165, 1.54) is 35.7 Å². The summed E-state index contributed by atoms with van der Waals surface area (Å²) in [7, 11) is 1.57. The molecule has 0 aliphatic heterocycles. The van der Waals surface area contributed by atoms with Gasteiger partial charge in [0.05, 0.1) is 33.3 Å². The van der Waals surface area contributed by atoms with Gasteiger partial charge in [-0.3, -0.25) is 0 Å². The Bertz CT molecular complexity index is 1110. The van der Waals surface area contributed by atoms with Gasteiger partial charge in [0, 0.05) is 22.9 Å². The van der Waals surface area contributed by atoms with Crippen LogP contribution in [0.15, 0.2) is 47.6 Å². The van der Waals surface area contributed by atoms with Crippen molar-refractivity contribution in [2.24, 2.45) is 0 Å². The Balaban J connectivity index is 1.57. The van der Waals surface area contributed by atoms with E-state index >= 15 is 0 Å². The number of rotatable bonds is 3. The molecule has 1 aliphatic carbocycles. The molecule has 9 heteroatoms. The first-order chi connectivity index (χ1) is 12.0. The molecule has 0 unspecified atom stereocenters. The third-order valence-electron chi connectivity index (χ3n) is 3.70. The molecule has 0 saturated heterocycles. The number of nitrogens with zero attached hydrogens (tertiary/aromatic N) is 4. The maximum absolute atomic E-state index is 11.4. The number of hydrogen-bond donors (Lipinski definition) is 1. The molecule has 1 N–H and O–H groups in total. The van der Waals surface area contributed by atoms with Crippen LogP contribution in [0, 0.1) is 6.07 Å². The van der Waals surface area contributed by atoms with Crippen molar-refractivity contribution in [1.29, 1.82) is 0 Å². The van der Waals surface area contributed by atoms with Crippen molar-refractivity contribution in [3.8, 4) is 6.07 Å². The van der Waals surface area contributed by atoms with Gasteiger partial charge < -0.3 is 5.32 Å². The zero-order valence-corrected chi connectivity index (χ0v) is 14.5. The molecule has 4 rings (SSSR count). The fraction of sp³-hybridized carbons (Fsp3) is 0.188. The summed E-state index contributed by atoms with van der Waals surface area (Å²) in [6.07, 6.45) is 5.58. The first-order valence-electron chi connectivity index (χ1n) is 7.61. The Morgan fingerprint density at radius 2 is 2.12 bits per heavy atom. The van der Waals surface area contributed by atoms with Crippen LogP contribution in [0.1, 0.15) is 18.4 Å². The lowest BCUT2D eigenvalue weighted by Gasteiger charge is -2.00. The fourth-order valence-corrected chi connectivity index (χ4v) is 3.04. The summed E-state index contributed by atoms with van der Waals surface area (Å²) in [4.78, 5) is 8.51. The summed E-state index contributed by atoms with van der Waals surface area (Å²) < 4.78 is 24.3. The first kappa shape index (κ1) is 15.9. The molecule has 0 radical (unpaired) electrons. The topological polar surface area (TPSA) is 80.7 Å². The molecule has 7 nitrogen and oxygen atoms in total. The average Bonchev–Trinajstić information content (AvgIpc) is 3.29. The average molecular weight is 375 g/mol. The van der Waals surface area contributed by atoms with Crippen LogP contribution in [-0.2, 0) is 9.05 Å². The van der Waals surface area contributed by atoms with Crippen molar-refractivity contribution in [2.75, 3.05) is 5.32 Å². The van der Waals surface area contributed by atoms with E-state index in [1.54, 1.807) is 12.3 Å². The van der Waals surface area contributed by atoms with Crippen molar-refractivity contribution < 1.29 is 8.42 Å². The molecular weight excluding hydrogens is 362 g/mol. The van der Waals surface area contributed by atoms with E-state index in [9.17, 15) is 8.42 Å². The van der Waals surface area contributed by atoms with Gasteiger partial charge in [0.2, 0.25) is 0 Å². The van der Waals surface area contributed by atoms with Crippen LogP contribution in [0.2, 0.25) is 0 Å². The second-order valence-corrected chi connectivity index (χ2v) is 8.31. The van der Waals surface area contributed by atoms with Crippen LogP contribution in [-0.4, -0.2) is 29.1 Å². The Morgan fingerprint density at radius 3 is 2.80 bits per heavy atom. The zero-order chi connectivity index (χ0) is 17.4. The minimum absolute atomic E-state index is 0.0176. The number of hydrogen-bond acceptors (Lipinski definition) is 5. The van der Waals surface area contributed by atoms with Gasteiger partial charge in [-0.1, -0.05) is 0 Å². The molecule has 3 aromatic heterocycles. The van der Waals surface area contributed by atoms with Crippen molar-refractivity contribution >= 4 is 36.9 Å². The van der Waals surface area contributed by atoms with Crippen LogP contribution in [0.4, 0.5) is 11.6 Å². The Hall–Kier alpha value is -2.63. The van der Waals surface area contributed by atoms with Gasteiger partial charge >= 0.3 is 5.82 Å². The third kappa shape index (κ3) is 3.73. The van der Waals surface area contributed by atoms with Crippen LogP contribution in [0.3, 0.4) is 0 Å². The number of aromatic nitrogens is 3. The second kappa shape index (κ2) is 6.02. The highest BCUT2D eigenvalue weighted by atomic mass is 35.7. The predicted octanol–water partition coefficient (Wildman–Crippen LogP) is 3.24. The zero-order valence-electron chi connectivity index (χ0n) is 12.9. The maximum Gasteiger partial charge on any atom is 0.451 e. The minimum Gasteiger partial charge on any atom is -0.367 e. The van der Waals surface area contributed by atoms with E-state index in [0.29, 0.717) is 17.4 Å². The summed E-state index contributed by atoms with van der Waals surface area (Å²) in [6.45, 7) is 0. The van der Waals surface area contributed by atoms with Gasteiger partial charge in [0.25, 0.3) is 9.05 Å². The number of nitrogens with one attached hydrogen (secondary N) is 1. The number of halogens is 1. The monoisotopic (exact) mass is 374 g/mol. The fourth-order valence-electron chi connectivity index (χ4n) is 2.27. The van der Waals surface area contributed by atoms with Crippen LogP contribution >= 0.6 is 10.7 Å². The van der Waals surface area contributed by atoms with E-state index in [4.69, 9.17) is 10.7 Å². The smallest absolute Gasteiger partial charge is 0.367 e. The van der Waals surface area contributed by atoms with Gasteiger partial charge in [0.15, 0.2) is 6.07 Å². The highest BCUT2D eigenvalue weighted by Crippen LogP contribution is 2.23. The SMILES string of the molecule is O=S(=O)(Cl)c1ccn2nc([N+]#Cc3ccc(NC4CC4)nc3)cc2c1. The lowest BCUT2D eigenvalue weighted by atomic mass is 10.3. The lowest BCUT2D eigenvalue weighted by Crippen LogP contribution is -2.02. The van der Waals surface area contributed by atoms with Crippen LogP contribution in [0.25, 0.3) is 10.4 Å². The van der Waals surface area contributed by atoms with E-state index in [0.717, 1.165) is 11.4 Å². The highest BCUT2D eigenvalue weighted by Gasteiger charge is 2.21. The van der Waals surface area contributed by atoms with Crippen molar-refractivity contribution in [1.82, 2.24) is 14.6 Å². The summed E-state index contributed by atoms with van der Waals surface area (Å²) in [6, 6.07) is 11.7. The molecule has 0 bridgehead atoms. The van der Waals surface area contributed by atoms with Gasteiger partial charge in [-0.15, -0.1) is 9.36 Å². The molecule has 0 spiro atoms. The Kier molecular flexibility index (Phi) is 3.82. The molecule has 0 aromatic carbocycles. The predicted molar refractivity (Wildman–Crippen MR) is 95.1 cm³/mol. The van der Waals surface area contributed by atoms with Crippen molar-refractivity contribution in [3.63, 3.8) is 0 Å². The minimum atomic E-state index is -3.78. The second-order valence-electron chi connectivity index (χ2n) is 5.75. The quantitative estimate of drug-likeness (QED) is 0.712. The normalized spacial score (nSPS) is 14.1. The molecule has 0 atom stereocenters. The van der Waals surface area contributed by atoms with E-state index in [1.807, 2.05) is 12.1 Å². The number of fused-ring (bicyclic) bond motifs is 1. The largest absolute Gasteiger partial charge is 0.451 e. The van der Waals surface area contributed by atoms with Crippen LogP contribution < -0.4 is 5.32 Å². The molecule has 25 heavy (non-hydrogen) atoms.